The van der Waals surface area contributed by atoms with E-state index in [1.807, 2.05) is 68.4 Å². The number of carbonyl (C=O) groups excluding carboxylic acids is 1. The number of hydrogen-bond acceptors (Lipinski definition) is 7. The molecule has 0 aliphatic carbocycles. The lowest BCUT2D eigenvalue weighted by Crippen LogP contribution is -2.31. The molecule has 2 aromatic heterocycles. The molecule has 182 valence electrons. The summed E-state index contributed by atoms with van der Waals surface area (Å²) in [6, 6.07) is 18.6. The maximum absolute atomic E-state index is 12.6. The molecule has 0 bridgehead atoms. The minimum Gasteiger partial charge on any atom is -0.494 e. The molecule has 0 aliphatic rings. The molecule has 0 aliphatic heterocycles. The molecule has 0 saturated heterocycles. The molecule has 1 amide bonds. The van der Waals surface area contributed by atoms with Gasteiger partial charge < -0.3 is 14.8 Å². The molecule has 36 heavy (non-hydrogen) atoms. The van der Waals surface area contributed by atoms with Gasteiger partial charge in [-0.2, -0.15) is 5.26 Å². The van der Waals surface area contributed by atoms with Crippen LogP contribution in [0, 0.1) is 17.2 Å². The Kier molecular flexibility index (Phi) is 7.71. The van der Waals surface area contributed by atoms with E-state index in [1.54, 1.807) is 19.5 Å². The molecule has 2 aromatic carbocycles. The van der Waals surface area contributed by atoms with Crippen molar-refractivity contribution in [1.82, 2.24) is 20.3 Å². The fraction of sp³-hybridized carbons (Fsp3) is 0.250. The van der Waals surface area contributed by atoms with Crippen LogP contribution < -0.4 is 10.1 Å². The van der Waals surface area contributed by atoms with Crippen LogP contribution in [0.5, 0.6) is 5.75 Å². The first-order valence-corrected chi connectivity index (χ1v) is 11.7. The molecule has 8 heteroatoms. The Balaban J connectivity index is 1.64. The number of ether oxygens (including phenoxy) is 2. The van der Waals surface area contributed by atoms with Crippen molar-refractivity contribution >= 4 is 17.0 Å². The molecular formula is C28H27N5O3. The number of alkyl carbamates (subject to hydrolysis) is 1. The van der Waals surface area contributed by atoms with E-state index in [-0.39, 0.29) is 18.2 Å². The smallest absolute Gasteiger partial charge is 0.408 e. The number of methoxy groups -OCH3 is 1. The van der Waals surface area contributed by atoms with Crippen LogP contribution in [0.25, 0.3) is 22.0 Å². The number of benzene rings is 2. The number of nitriles is 1. The van der Waals surface area contributed by atoms with Crippen LogP contribution in [0.1, 0.15) is 43.4 Å². The minimum absolute atomic E-state index is 0.157. The van der Waals surface area contributed by atoms with Crippen LogP contribution in [0.4, 0.5) is 4.79 Å². The van der Waals surface area contributed by atoms with Gasteiger partial charge in [-0.25, -0.2) is 14.8 Å². The van der Waals surface area contributed by atoms with Gasteiger partial charge in [0.05, 0.1) is 24.9 Å². The number of nitrogens with one attached hydrogen (secondary N) is 1. The average Bonchev–Trinajstić information content (AvgIpc) is 2.91. The highest BCUT2D eigenvalue weighted by Gasteiger charge is 2.22. The third-order valence-corrected chi connectivity index (χ3v) is 5.66. The molecular weight excluding hydrogens is 454 g/mol. The quantitative estimate of drug-likeness (QED) is 0.349. The van der Waals surface area contributed by atoms with Crippen LogP contribution >= 0.6 is 0 Å². The maximum Gasteiger partial charge on any atom is 0.408 e. The van der Waals surface area contributed by atoms with Gasteiger partial charge in [0, 0.05) is 17.1 Å². The largest absolute Gasteiger partial charge is 0.494 e. The number of hydrogen-bond donors (Lipinski definition) is 1. The van der Waals surface area contributed by atoms with Crippen LogP contribution in [-0.2, 0) is 11.3 Å². The van der Waals surface area contributed by atoms with Crippen molar-refractivity contribution in [3.8, 4) is 22.9 Å². The lowest BCUT2D eigenvalue weighted by atomic mass is 10.0. The zero-order valence-electron chi connectivity index (χ0n) is 20.4. The fourth-order valence-electron chi connectivity index (χ4n) is 3.94. The van der Waals surface area contributed by atoms with E-state index < -0.39 is 12.1 Å². The number of amides is 1. The zero-order chi connectivity index (χ0) is 25.5. The predicted molar refractivity (Wildman–Crippen MR) is 136 cm³/mol. The van der Waals surface area contributed by atoms with Crippen LogP contribution in [0.15, 0.2) is 67.0 Å². The van der Waals surface area contributed by atoms with E-state index in [2.05, 4.69) is 21.4 Å². The van der Waals surface area contributed by atoms with Gasteiger partial charge in [0.2, 0.25) is 0 Å². The summed E-state index contributed by atoms with van der Waals surface area (Å²) in [6.07, 6.45) is 3.35. The monoisotopic (exact) mass is 481 g/mol. The molecule has 4 aromatic rings. The van der Waals surface area contributed by atoms with E-state index in [1.165, 1.54) is 0 Å². The molecule has 1 atom stereocenters. The third-order valence-electron chi connectivity index (χ3n) is 5.66. The summed E-state index contributed by atoms with van der Waals surface area (Å²) in [4.78, 5) is 25.9. The molecule has 4 rings (SSSR count). The Labute approximate surface area is 210 Å². The number of nitrogens with zero attached hydrogens (tertiary/aromatic N) is 4. The van der Waals surface area contributed by atoms with Gasteiger partial charge in [-0.05, 0) is 41.7 Å². The van der Waals surface area contributed by atoms with Gasteiger partial charge >= 0.3 is 6.09 Å². The number of carbonyl (C=O) groups is 1. The topological polar surface area (TPSA) is 110 Å². The van der Waals surface area contributed by atoms with Crippen LogP contribution in [-0.4, -0.2) is 28.2 Å². The molecule has 0 radical (unpaired) electrons. The first kappa shape index (κ1) is 24.6. The first-order chi connectivity index (χ1) is 17.5. The molecule has 1 unspecified atom stereocenters. The Hall–Kier alpha value is -4.51. The second-order valence-corrected chi connectivity index (χ2v) is 8.74. The first-order valence-electron chi connectivity index (χ1n) is 11.7. The Morgan fingerprint density at radius 3 is 2.64 bits per heavy atom. The zero-order valence-corrected chi connectivity index (χ0v) is 20.4. The number of pyridine rings is 1. The van der Waals surface area contributed by atoms with Crippen molar-refractivity contribution < 1.29 is 14.3 Å². The highest BCUT2D eigenvalue weighted by atomic mass is 16.5. The standard InChI is InChI=1S/C28H27N5O3/c1-18(2)13-24(33-28(34)36-17-19-7-5-4-6-8-19)27-31-23-10-9-20(14-22(23)25(15-29)32-27)21-11-12-30-16-26(21)35-3/h4-12,14,16,18,24H,13,17H2,1-3H3,(H,33,34). The Bertz CT molecular complexity index is 1400. The molecule has 8 nitrogen and oxygen atoms in total. The van der Waals surface area contributed by atoms with Gasteiger partial charge in [0.25, 0.3) is 0 Å². The van der Waals surface area contributed by atoms with Crippen LogP contribution in [0.2, 0.25) is 0 Å². The lowest BCUT2D eigenvalue weighted by molar-refractivity contribution is 0.133. The van der Waals surface area contributed by atoms with Gasteiger partial charge in [-0.3, -0.25) is 4.98 Å². The number of aromatic nitrogens is 3. The van der Waals surface area contributed by atoms with Crippen molar-refractivity contribution in [1.29, 1.82) is 5.26 Å². The van der Waals surface area contributed by atoms with Gasteiger partial charge in [-0.1, -0.05) is 50.2 Å². The predicted octanol–water partition coefficient (Wildman–Crippen LogP) is 5.59. The summed E-state index contributed by atoms with van der Waals surface area (Å²) in [5.74, 6) is 1.25. The highest BCUT2D eigenvalue weighted by molar-refractivity contribution is 5.89. The van der Waals surface area contributed by atoms with E-state index in [0.29, 0.717) is 28.9 Å². The summed E-state index contributed by atoms with van der Waals surface area (Å²) in [7, 11) is 1.59. The van der Waals surface area contributed by atoms with Crippen molar-refractivity contribution in [2.75, 3.05) is 7.11 Å². The summed E-state index contributed by atoms with van der Waals surface area (Å²) >= 11 is 0. The van der Waals surface area contributed by atoms with Crippen molar-refractivity contribution in [3.05, 3.63) is 84.1 Å². The van der Waals surface area contributed by atoms with Gasteiger partial charge in [0.15, 0.2) is 11.5 Å². The summed E-state index contributed by atoms with van der Waals surface area (Å²) in [5.41, 5.74) is 3.45. The molecule has 1 N–H and O–H groups in total. The average molecular weight is 482 g/mol. The third kappa shape index (κ3) is 5.76. The molecule has 0 saturated carbocycles. The van der Waals surface area contributed by atoms with Crippen molar-refractivity contribution in [2.24, 2.45) is 5.92 Å². The van der Waals surface area contributed by atoms with Gasteiger partial charge in [0.1, 0.15) is 18.4 Å². The Morgan fingerprint density at radius 1 is 1.11 bits per heavy atom. The normalized spacial score (nSPS) is 11.6. The van der Waals surface area contributed by atoms with Crippen molar-refractivity contribution in [2.45, 2.75) is 32.9 Å². The maximum atomic E-state index is 12.6. The summed E-state index contributed by atoms with van der Waals surface area (Å²) in [5, 5.41) is 13.4. The number of rotatable bonds is 8. The SMILES string of the molecule is COc1cnccc1-c1ccc2nc(C(CC(C)C)NC(=O)OCc3ccccc3)nc(C#N)c2c1. The van der Waals surface area contributed by atoms with Crippen LogP contribution in [0.3, 0.4) is 0 Å². The van der Waals surface area contributed by atoms with E-state index >= 15 is 0 Å². The minimum atomic E-state index is -0.563. The molecule has 0 fully saturated rings. The molecule has 0 spiro atoms. The molecule has 2 heterocycles. The lowest BCUT2D eigenvalue weighted by Gasteiger charge is -2.20. The Morgan fingerprint density at radius 2 is 1.92 bits per heavy atom. The summed E-state index contributed by atoms with van der Waals surface area (Å²) in [6.45, 7) is 4.25. The van der Waals surface area contributed by atoms with Crippen molar-refractivity contribution in [3.63, 3.8) is 0 Å². The fourth-order valence-corrected chi connectivity index (χ4v) is 3.94. The highest BCUT2D eigenvalue weighted by Crippen LogP contribution is 2.32. The van der Waals surface area contributed by atoms with E-state index in [9.17, 15) is 10.1 Å². The second-order valence-electron chi connectivity index (χ2n) is 8.74. The van der Waals surface area contributed by atoms with E-state index in [0.717, 1.165) is 16.7 Å². The second kappa shape index (κ2) is 11.3. The van der Waals surface area contributed by atoms with Gasteiger partial charge in [-0.15, -0.1) is 0 Å². The summed E-state index contributed by atoms with van der Waals surface area (Å²) < 4.78 is 10.8. The van der Waals surface area contributed by atoms with E-state index in [4.69, 9.17) is 14.5 Å². The number of fused-ring (bicyclic) bond motifs is 1.